The number of benzene rings is 2. The Morgan fingerprint density at radius 2 is 1.88 bits per heavy atom. The molecule has 0 spiro atoms. The Bertz CT molecular complexity index is 758. The number of thioether (sulfide) groups is 1. The molecule has 1 atom stereocenters. The smallest absolute Gasteiger partial charge is 0.243 e. The lowest BCUT2D eigenvalue weighted by molar-refractivity contribution is -0.125. The largest absolute Gasteiger partial charge is 0.350 e. The van der Waals surface area contributed by atoms with Gasteiger partial charge >= 0.3 is 0 Å². The quantitative estimate of drug-likeness (QED) is 0.871. The van der Waals surface area contributed by atoms with Gasteiger partial charge in [0.05, 0.1) is 0 Å². The van der Waals surface area contributed by atoms with Gasteiger partial charge in [0, 0.05) is 30.5 Å². The number of fused-ring (bicyclic) bond motifs is 1. The summed E-state index contributed by atoms with van der Waals surface area (Å²) in [7, 11) is 0. The van der Waals surface area contributed by atoms with Crippen molar-refractivity contribution in [2.45, 2.75) is 30.8 Å². The van der Waals surface area contributed by atoms with Gasteiger partial charge in [-0.15, -0.1) is 11.8 Å². The number of rotatable bonds is 4. The zero-order valence-corrected chi connectivity index (χ0v) is 14.6. The molecule has 0 aliphatic carbocycles. The lowest BCUT2D eigenvalue weighted by atomic mass is 10.1. The van der Waals surface area contributed by atoms with E-state index in [0.29, 0.717) is 13.0 Å². The van der Waals surface area contributed by atoms with Gasteiger partial charge in [0.25, 0.3) is 0 Å². The summed E-state index contributed by atoms with van der Waals surface area (Å²) in [6.07, 6.45) is 2.60. The van der Waals surface area contributed by atoms with Crippen molar-refractivity contribution < 1.29 is 9.59 Å². The van der Waals surface area contributed by atoms with Crippen LogP contribution in [0.4, 0.5) is 5.69 Å². The average molecular weight is 340 g/mol. The Morgan fingerprint density at radius 3 is 2.54 bits per heavy atom. The molecule has 0 saturated carbocycles. The monoisotopic (exact) mass is 340 g/mol. The van der Waals surface area contributed by atoms with E-state index in [-0.39, 0.29) is 11.8 Å². The lowest BCUT2D eigenvalue weighted by Gasteiger charge is -2.23. The Labute approximate surface area is 146 Å². The molecule has 1 aliphatic rings. The van der Waals surface area contributed by atoms with E-state index in [1.165, 1.54) is 11.8 Å². The number of carbonyl (C=O) groups excluding carboxylic acids is 2. The van der Waals surface area contributed by atoms with Crippen molar-refractivity contribution in [3.8, 4) is 0 Å². The van der Waals surface area contributed by atoms with E-state index >= 15 is 0 Å². The molecule has 5 heteroatoms. The molecule has 4 nitrogen and oxygen atoms in total. The Hall–Kier alpha value is -2.27. The molecule has 1 aliphatic heterocycles. The van der Waals surface area contributed by atoms with Crippen molar-refractivity contribution >= 4 is 29.3 Å². The second kappa shape index (κ2) is 7.09. The van der Waals surface area contributed by atoms with Crippen LogP contribution in [0.25, 0.3) is 0 Å². The fourth-order valence-corrected chi connectivity index (χ4v) is 3.44. The first-order valence-corrected chi connectivity index (χ1v) is 9.11. The molecule has 124 valence electrons. The molecule has 2 aromatic carbocycles. The molecule has 1 N–H and O–H groups in total. The van der Waals surface area contributed by atoms with Crippen LogP contribution in [0.3, 0.4) is 0 Å². The van der Waals surface area contributed by atoms with Crippen molar-refractivity contribution in [1.82, 2.24) is 5.32 Å². The van der Waals surface area contributed by atoms with Gasteiger partial charge < -0.3 is 5.32 Å². The highest BCUT2D eigenvalue weighted by atomic mass is 32.2. The van der Waals surface area contributed by atoms with Gasteiger partial charge in [-0.3, -0.25) is 14.5 Å². The predicted octanol–water partition coefficient (Wildman–Crippen LogP) is 3.00. The van der Waals surface area contributed by atoms with Gasteiger partial charge in [0.15, 0.2) is 0 Å². The number of hydrogen-bond donors (Lipinski definition) is 1. The Morgan fingerprint density at radius 1 is 1.17 bits per heavy atom. The van der Waals surface area contributed by atoms with E-state index < -0.39 is 6.04 Å². The molecule has 3 rings (SSSR count). The summed E-state index contributed by atoms with van der Waals surface area (Å²) in [5.74, 6) is -0.222. The zero-order valence-electron chi connectivity index (χ0n) is 13.8. The van der Waals surface area contributed by atoms with E-state index in [4.69, 9.17) is 0 Å². The maximum absolute atomic E-state index is 12.6. The summed E-state index contributed by atoms with van der Waals surface area (Å²) in [4.78, 5) is 27.4. The van der Waals surface area contributed by atoms with Crippen LogP contribution in [0.1, 0.15) is 18.1 Å². The molecule has 0 fully saturated rings. The molecule has 0 bridgehead atoms. The second-order valence-electron chi connectivity index (χ2n) is 5.80. The SMILES string of the molecule is CSc1ccc(CNC(=O)[C@H]2Cc3ccccc3N2C(C)=O)cc1. The first-order chi connectivity index (χ1) is 11.6. The van der Waals surface area contributed by atoms with Gasteiger partial charge in [-0.25, -0.2) is 0 Å². The lowest BCUT2D eigenvalue weighted by Crippen LogP contribution is -2.47. The first kappa shape index (κ1) is 16.6. The molecule has 2 aromatic rings. The third-order valence-corrected chi connectivity index (χ3v) is 4.99. The van der Waals surface area contributed by atoms with Crippen molar-refractivity contribution in [1.29, 1.82) is 0 Å². The summed E-state index contributed by atoms with van der Waals surface area (Å²) < 4.78 is 0. The van der Waals surface area contributed by atoms with Crippen molar-refractivity contribution in [3.05, 3.63) is 59.7 Å². The topological polar surface area (TPSA) is 49.4 Å². The Kier molecular flexibility index (Phi) is 4.90. The molecular weight excluding hydrogens is 320 g/mol. The first-order valence-electron chi connectivity index (χ1n) is 7.88. The summed E-state index contributed by atoms with van der Waals surface area (Å²) in [5, 5.41) is 2.96. The van der Waals surface area contributed by atoms with Crippen LogP contribution in [-0.2, 0) is 22.6 Å². The van der Waals surface area contributed by atoms with Gasteiger partial charge in [-0.05, 0) is 35.6 Å². The highest BCUT2D eigenvalue weighted by Crippen LogP contribution is 2.32. The highest BCUT2D eigenvalue weighted by Gasteiger charge is 2.36. The van der Waals surface area contributed by atoms with Gasteiger partial charge in [-0.2, -0.15) is 0 Å². The van der Waals surface area contributed by atoms with Crippen LogP contribution in [0, 0.1) is 0 Å². The summed E-state index contributed by atoms with van der Waals surface area (Å²) in [5.41, 5.74) is 2.93. The number of hydrogen-bond acceptors (Lipinski definition) is 3. The maximum atomic E-state index is 12.6. The van der Waals surface area contributed by atoms with Gasteiger partial charge in [0.2, 0.25) is 11.8 Å². The maximum Gasteiger partial charge on any atom is 0.243 e. The third kappa shape index (κ3) is 3.31. The van der Waals surface area contributed by atoms with Crippen molar-refractivity contribution in [3.63, 3.8) is 0 Å². The number of anilines is 1. The summed E-state index contributed by atoms with van der Waals surface area (Å²) in [6, 6.07) is 15.3. The van der Waals surface area contributed by atoms with E-state index in [1.54, 1.807) is 16.7 Å². The van der Waals surface area contributed by atoms with Crippen LogP contribution < -0.4 is 10.2 Å². The minimum atomic E-state index is -0.467. The van der Waals surface area contributed by atoms with Crippen molar-refractivity contribution in [2.24, 2.45) is 0 Å². The fourth-order valence-electron chi connectivity index (χ4n) is 3.04. The van der Waals surface area contributed by atoms with Crippen molar-refractivity contribution in [2.75, 3.05) is 11.2 Å². The van der Waals surface area contributed by atoms with Crippen LogP contribution >= 0.6 is 11.8 Å². The molecule has 24 heavy (non-hydrogen) atoms. The molecule has 0 unspecified atom stereocenters. The van der Waals surface area contributed by atoms with Crippen LogP contribution in [0.5, 0.6) is 0 Å². The normalized spacial score (nSPS) is 15.9. The van der Waals surface area contributed by atoms with Crippen LogP contribution in [0.2, 0.25) is 0 Å². The van der Waals surface area contributed by atoms with E-state index in [1.807, 2.05) is 54.8 Å². The molecule has 2 amide bonds. The Balaban J connectivity index is 1.69. The number of para-hydroxylation sites is 1. The molecule has 0 radical (unpaired) electrons. The number of nitrogens with zero attached hydrogens (tertiary/aromatic N) is 1. The predicted molar refractivity (Wildman–Crippen MR) is 97.2 cm³/mol. The van der Waals surface area contributed by atoms with Gasteiger partial charge in [-0.1, -0.05) is 30.3 Å². The zero-order chi connectivity index (χ0) is 17.1. The highest BCUT2D eigenvalue weighted by molar-refractivity contribution is 7.98. The third-order valence-electron chi connectivity index (χ3n) is 4.24. The standard InChI is InChI=1S/C19H20N2O2S/c1-13(22)21-17-6-4-3-5-15(17)11-18(21)19(23)20-12-14-7-9-16(24-2)10-8-14/h3-10,18H,11-12H2,1-2H3,(H,20,23)/t18-/m1/s1. The minimum Gasteiger partial charge on any atom is -0.350 e. The number of carbonyl (C=O) groups is 2. The fraction of sp³-hybridized carbons (Fsp3) is 0.263. The second-order valence-corrected chi connectivity index (χ2v) is 6.68. The minimum absolute atomic E-state index is 0.107. The van der Waals surface area contributed by atoms with E-state index in [0.717, 1.165) is 16.8 Å². The number of amides is 2. The summed E-state index contributed by atoms with van der Waals surface area (Å²) in [6.45, 7) is 1.97. The van der Waals surface area contributed by atoms with Crippen LogP contribution in [0.15, 0.2) is 53.4 Å². The van der Waals surface area contributed by atoms with E-state index in [9.17, 15) is 9.59 Å². The van der Waals surface area contributed by atoms with Crippen LogP contribution in [-0.4, -0.2) is 24.1 Å². The summed E-state index contributed by atoms with van der Waals surface area (Å²) >= 11 is 1.69. The molecule has 1 heterocycles. The average Bonchev–Trinajstić information content (AvgIpc) is 3.00. The molecular formula is C19H20N2O2S. The number of nitrogens with one attached hydrogen (secondary N) is 1. The van der Waals surface area contributed by atoms with Gasteiger partial charge in [0.1, 0.15) is 6.04 Å². The van der Waals surface area contributed by atoms with E-state index in [2.05, 4.69) is 5.32 Å². The molecule has 0 saturated heterocycles. The molecule has 0 aromatic heterocycles.